The zero-order valence-corrected chi connectivity index (χ0v) is 21.3. The minimum atomic E-state index is -3.82. The van der Waals surface area contributed by atoms with Crippen molar-refractivity contribution < 1.29 is 18.0 Å². The molecule has 2 amide bonds. The number of amides is 2. The molecule has 0 aliphatic rings. The Morgan fingerprint density at radius 3 is 2.24 bits per heavy atom. The van der Waals surface area contributed by atoms with Gasteiger partial charge in [-0.3, -0.25) is 13.9 Å². The molecule has 2 aromatic rings. The monoisotopic (exact) mass is 493 g/mol. The molecule has 0 saturated carbocycles. The van der Waals surface area contributed by atoms with E-state index in [1.54, 1.807) is 31.2 Å². The predicted octanol–water partition coefficient (Wildman–Crippen LogP) is 3.75. The van der Waals surface area contributed by atoms with Crippen LogP contribution in [0.4, 0.5) is 5.69 Å². The summed E-state index contributed by atoms with van der Waals surface area (Å²) in [5.74, 6) is -0.801. The summed E-state index contributed by atoms with van der Waals surface area (Å²) in [5, 5.41) is 3.12. The first kappa shape index (κ1) is 26.7. The van der Waals surface area contributed by atoms with Crippen molar-refractivity contribution in [2.24, 2.45) is 0 Å². The van der Waals surface area contributed by atoms with Gasteiger partial charge in [-0.1, -0.05) is 54.9 Å². The van der Waals surface area contributed by atoms with Crippen LogP contribution in [0.25, 0.3) is 0 Å². The molecule has 0 heterocycles. The molecule has 7 nitrogen and oxygen atoms in total. The van der Waals surface area contributed by atoms with Gasteiger partial charge in [0.1, 0.15) is 12.6 Å². The number of para-hydroxylation sites is 1. The number of halogens is 1. The van der Waals surface area contributed by atoms with Crippen molar-refractivity contribution in [2.45, 2.75) is 52.7 Å². The molecule has 0 aliphatic carbocycles. The summed E-state index contributed by atoms with van der Waals surface area (Å²) in [4.78, 5) is 27.8. The number of benzene rings is 2. The fourth-order valence-electron chi connectivity index (χ4n) is 3.27. The average Bonchev–Trinajstić information content (AvgIpc) is 2.76. The Bertz CT molecular complexity index is 1090. The molecule has 0 aromatic heterocycles. The molecule has 0 fully saturated rings. The lowest BCUT2D eigenvalue weighted by molar-refractivity contribution is -0.139. The summed E-state index contributed by atoms with van der Waals surface area (Å²) in [6, 6.07) is 13.1. The van der Waals surface area contributed by atoms with E-state index in [9.17, 15) is 18.0 Å². The molecule has 180 valence electrons. The lowest BCUT2D eigenvalue weighted by atomic mass is 10.1. The molecule has 0 aliphatic heterocycles. The average molecular weight is 494 g/mol. The second kappa shape index (κ2) is 11.5. The minimum Gasteiger partial charge on any atom is -0.352 e. The maximum absolute atomic E-state index is 13.5. The van der Waals surface area contributed by atoms with Crippen LogP contribution in [0.3, 0.4) is 0 Å². The fraction of sp³-hybridized carbons (Fsp3) is 0.417. The molecule has 2 aromatic carbocycles. The van der Waals surface area contributed by atoms with E-state index in [1.807, 2.05) is 45.0 Å². The second-order valence-corrected chi connectivity index (χ2v) is 10.5. The smallest absolute Gasteiger partial charge is 0.244 e. The highest BCUT2D eigenvalue weighted by atomic mass is 35.5. The van der Waals surface area contributed by atoms with Crippen LogP contribution in [0, 0.1) is 6.92 Å². The lowest BCUT2D eigenvalue weighted by Gasteiger charge is -2.32. The highest BCUT2D eigenvalue weighted by Gasteiger charge is 2.31. The van der Waals surface area contributed by atoms with Crippen molar-refractivity contribution in [3.8, 4) is 0 Å². The van der Waals surface area contributed by atoms with E-state index in [0.717, 1.165) is 28.1 Å². The minimum absolute atomic E-state index is 0.0500. The van der Waals surface area contributed by atoms with Crippen molar-refractivity contribution in [3.05, 3.63) is 64.7 Å². The molecule has 9 heteroatoms. The Labute approximate surface area is 201 Å². The van der Waals surface area contributed by atoms with Gasteiger partial charge in [0, 0.05) is 12.6 Å². The third-order valence-corrected chi connectivity index (χ3v) is 7.02. The van der Waals surface area contributed by atoms with Gasteiger partial charge in [0.05, 0.1) is 17.0 Å². The van der Waals surface area contributed by atoms with E-state index in [-0.39, 0.29) is 29.2 Å². The zero-order valence-electron chi connectivity index (χ0n) is 19.7. The van der Waals surface area contributed by atoms with Crippen LogP contribution >= 0.6 is 11.6 Å². The summed E-state index contributed by atoms with van der Waals surface area (Å²) >= 11 is 6.23. The third-order valence-electron chi connectivity index (χ3n) is 5.57. The molecule has 0 saturated heterocycles. The molecule has 33 heavy (non-hydrogen) atoms. The van der Waals surface area contributed by atoms with Crippen LogP contribution in [0.15, 0.2) is 48.5 Å². The Hall–Kier alpha value is -2.58. The molecule has 2 atom stereocenters. The molecule has 2 unspecified atom stereocenters. The van der Waals surface area contributed by atoms with E-state index in [2.05, 4.69) is 5.32 Å². The topological polar surface area (TPSA) is 86.8 Å². The number of hydrogen-bond donors (Lipinski definition) is 1. The van der Waals surface area contributed by atoms with E-state index >= 15 is 0 Å². The lowest BCUT2D eigenvalue weighted by Crippen LogP contribution is -2.52. The number of hydrogen-bond acceptors (Lipinski definition) is 4. The SMILES string of the molecule is CCC(C)NC(=O)C(C)N(Cc1ccccc1C)C(=O)CN(c1ccccc1Cl)S(C)(=O)=O. The molecule has 0 spiro atoms. The number of nitrogens with zero attached hydrogens (tertiary/aromatic N) is 2. The van der Waals surface area contributed by atoms with Gasteiger partial charge in [0.15, 0.2) is 0 Å². The normalized spacial score (nSPS) is 13.2. The van der Waals surface area contributed by atoms with E-state index in [1.165, 1.54) is 4.90 Å². The van der Waals surface area contributed by atoms with Gasteiger partial charge in [0.25, 0.3) is 0 Å². The van der Waals surface area contributed by atoms with E-state index in [0.29, 0.717) is 0 Å². The summed E-state index contributed by atoms with van der Waals surface area (Å²) in [7, 11) is -3.82. The number of nitrogens with one attached hydrogen (secondary N) is 1. The number of carbonyl (C=O) groups is 2. The van der Waals surface area contributed by atoms with Crippen LogP contribution in [-0.2, 0) is 26.2 Å². The summed E-state index contributed by atoms with van der Waals surface area (Å²) in [6.07, 6.45) is 1.77. The Kier molecular flexibility index (Phi) is 9.31. The van der Waals surface area contributed by atoms with Gasteiger partial charge in [0.2, 0.25) is 21.8 Å². The van der Waals surface area contributed by atoms with Crippen molar-refractivity contribution >= 4 is 39.1 Å². The number of rotatable bonds is 10. The third kappa shape index (κ3) is 7.20. The highest BCUT2D eigenvalue weighted by Crippen LogP contribution is 2.27. The maximum atomic E-state index is 13.5. The van der Waals surface area contributed by atoms with Gasteiger partial charge < -0.3 is 10.2 Å². The summed E-state index contributed by atoms with van der Waals surface area (Å²) in [5.41, 5.74) is 2.05. The van der Waals surface area contributed by atoms with Crippen LogP contribution in [0.1, 0.15) is 38.3 Å². The summed E-state index contributed by atoms with van der Waals surface area (Å²) in [6.45, 7) is 7.11. The Balaban J connectivity index is 2.41. The molecular weight excluding hydrogens is 462 g/mol. The first-order valence-corrected chi connectivity index (χ1v) is 13.0. The first-order valence-electron chi connectivity index (χ1n) is 10.8. The number of anilines is 1. The standard InChI is InChI=1S/C24H32ClN3O4S/c1-6-18(3)26-24(30)19(4)27(15-20-12-8-7-11-17(20)2)23(29)16-28(33(5,31)32)22-14-10-9-13-21(22)25/h7-14,18-19H,6,15-16H2,1-5H3,(H,26,30). The van der Waals surface area contributed by atoms with Crippen LogP contribution in [0.5, 0.6) is 0 Å². The fourth-order valence-corrected chi connectivity index (χ4v) is 4.42. The summed E-state index contributed by atoms with van der Waals surface area (Å²) < 4.78 is 26.1. The van der Waals surface area contributed by atoms with Gasteiger partial charge >= 0.3 is 0 Å². The molecular formula is C24H32ClN3O4S. The second-order valence-electron chi connectivity index (χ2n) is 8.16. The van der Waals surface area contributed by atoms with Crippen molar-refractivity contribution in [3.63, 3.8) is 0 Å². The van der Waals surface area contributed by atoms with Gasteiger partial charge in [-0.05, 0) is 50.5 Å². The van der Waals surface area contributed by atoms with E-state index < -0.39 is 28.5 Å². The number of carbonyl (C=O) groups excluding carboxylic acids is 2. The predicted molar refractivity (Wildman–Crippen MR) is 133 cm³/mol. The van der Waals surface area contributed by atoms with Gasteiger partial charge in [-0.2, -0.15) is 0 Å². The molecule has 2 rings (SSSR count). The van der Waals surface area contributed by atoms with Crippen molar-refractivity contribution in [1.82, 2.24) is 10.2 Å². The zero-order chi connectivity index (χ0) is 24.8. The first-order chi connectivity index (χ1) is 15.5. The van der Waals surface area contributed by atoms with Crippen molar-refractivity contribution in [2.75, 3.05) is 17.1 Å². The van der Waals surface area contributed by atoms with Crippen LogP contribution in [-0.4, -0.2) is 50.0 Å². The Morgan fingerprint density at radius 2 is 1.67 bits per heavy atom. The van der Waals surface area contributed by atoms with Crippen LogP contribution < -0.4 is 9.62 Å². The largest absolute Gasteiger partial charge is 0.352 e. The highest BCUT2D eigenvalue weighted by molar-refractivity contribution is 7.92. The molecule has 0 bridgehead atoms. The number of aryl methyl sites for hydroxylation is 1. The van der Waals surface area contributed by atoms with Gasteiger partial charge in [-0.25, -0.2) is 8.42 Å². The maximum Gasteiger partial charge on any atom is 0.244 e. The van der Waals surface area contributed by atoms with Gasteiger partial charge in [-0.15, -0.1) is 0 Å². The van der Waals surface area contributed by atoms with Crippen molar-refractivity contribution in [1.29, 1.82) is 0 Å². The Morgan fingerprint density at radius 1 is 1.06 bits per heavy atom. The van der Waals surface area contributed by atoms with Crippen LogP contribution in [0.2, 0.25) is 5.02 Å². The quantitative estimate of drug-likeness (QED) is 0.546. The number of sulfonamides is 1. The van der Waals surface area contributed by atoms with E-state index in [4.69, 9.17) is 11.6 Å². The molecule has 0 radical (unpaired) electrons. The molecule has 1 N–H and O–H groups in total.